The van der Waals surface area contributed by atoms with Gasteiger partial charge in [-0.15, -0.1) is 0 Å². The fourth-order valence-electron chi connectivity index (χ4n) is 3.45. The predicted octanol–water partition coefficient (Wildman–Crippen LogP) is 2.60. The number of carbonyl (C=O) groups excluding carboxylic acids is 1. The quantitative estimate of drug-likeness (QED) is 0.807. The molecule has 2 saturated carbocycles. The Bertz CT molecular complexity index is 253. The first-order chi connectivity index (χ1) is 8.78. The predicted molar refractivity (Wildman–Crippen MR) is 74.4 cm³/mol. The second-order valence-corrected chi connectivity index (χ2v) is 6.11. The molecular weight excluding hydrogens is 224 g/mol. The number of hydrogen-bond donors (Lipinski definition) is 2. The van der Waals surface area contributed by atoms with E-state index in [1.54, 1.807) is 0 Å². The number of hydrogen-bond acceptors (Lipinski definition) is 2. The van der Waals surface area contributed by atoms with Gasteiger partial charge < -0.3 is 10.6 Å². The highest BCUT2D eigenvalue weighted by atomic mass is 16.1. The molecule has 18 heavy (non-hydrogen) atoms. The molecule has 3 heteroatoms. The van der Waals surface area contributed by atoms with E-state index in [-0.39, 0.29) is 0 Å². The Morgan fingerprint density at radius 2 is 1.61 bits per heavy atom. The van der Waals surface area contributed by atoms with Crippen LogP contribution in [0, 0.1) is 5.92 Å². The van der Waals surface area contributed by atoms with Crippen LogP contribution in [0.2, 0.25) is 0 Å². The van der Waals surface area contributed by atoms with Crippen molar-refractivity contribution < 1.29 is 4.79 Å². The van der Waals surface area contributed by atoms with Gasteiger partial charge in [0, 0.05) is 18.5 Å². The van der Waals surface area contributed by atoms with Gasteiger partial charge in [0.2, 0.25) is 5.91 Å². The van der Waals surface area contributed by atoms with Crippen molar-refractivity contribution in [3.8, 4) is 0 Å². The van der Waals surface area contributed by atoms with Crippen LogP contribution in [0.15, 0.2) is 0 Å². The van der Waals surface area contributed by atoms with E-state index in [1.807, 2.05) is 7.05 Å². The van der Waals surface area contributed by atoms with Crippen molar-refractivity contribution in [2.75, 3.05) is 7.05 Å². The third-order valence-corrected chi connectivity index (χ3v) is 4.70. The summed E-state index contributed by atoms with van der Waals surface area (Å²) in [6, 6.07) is 1.16. The van der Waals surface area contributed by atoms with Crippen LogP contribution in [-0.4, -0.2) is 25.0 Å². The van der Waals surface area contributed by atoms with Crippen LogP contribution in [0.5, 0.6) is 0 Å². The molecule has 0 unspecified atom stereocenters. The lowest BCUT2D eigenvalue weighted by Gasteiger charge is -2.29. The van der Waals surface area contributed by atoms with Crippen molar-refractivity contribution in [3.05, 3.63) is 0 Å². The van der Waals surface area contributed by atoms with E-state index in [1.165, 1.54) is 57.8 Å². The van der Waals surface area contributed by atoms with Gasteiger partial charge in [0.1, 0.15) is 0 Å². The zero-order valence-electron chi connectivity index (χ0n) is 11.7. The van der Waals surface area contributed by atoms with Crippen molar-refractivity contribution in [2.24, 2.45) is 5.92 Å². The van der Waals surface area contributed by atoms with E-state index in [0.29, 0.717) is 23.9 Å². The lowest BCUT2D eigenvalue weighted by atomic mass is 9.84. The first-order valence-electron chi connectivity index (χ1n) is 7.74. The minimum Gasteiger partial charge on any atom is -0.353 e. The molecule has 3 nitrogen and oxygen atoms in total. The Hall–Kier alpha value is -0.570. The largest absolute Gasteiger partial charge is 0.353 e. The second kappa shape index (κ2) is 7.13. The Morgan fingerprint density at radius 1 is 0.944 bits per heavy atom. The van der Waals surface area contributed by atoms with Gasteiger partial charge in [-0.05, 0) is 51.5 Å². The summed E-state index contributed by atoms with van der Waals surface area (Å²) >= 11 is 0. The van der Waals surface area contributed by atoms with E-state index in [9.17, 15) is 4.79 Å². The monoisotopic (exact) mass is 252 g/mol. The molecule has 0 aromatic heterocycles. The maximum atomic E-state index is 12.0. The summed E-state index contributed by atoms with van der Waals surface area (Å²) in [5.41, 5.74) is 0. The molecule has 2 N–H and O–H groups in total. The molecule has 0 heterocycles. The molecule has 0 atom stereocenters. The molecule has 1 amide bonds. The van der Waals surface area contributed by atoms with Gasteiger partial charge in [0.05, 0.1) is 0 Å². The molecule has 0 radical (unpaired) electrons. The van der Waals surface area contributed by atoms with Crippen LogP contribution in [0.1, 0.15) is 64.2 Å². The van der Waals surface area contributed by atoms with E-state index < -0.39 is 0 Å². The van der Waals surface area contributed by atoms with Gasteiger partial charge in [0.25, 0.3) is 0 Å². The molecule has 2 fully saturated rings. The third kappa shape index (κ3) is 4.27. The molecular formula is C15H28N2O. The highest BCUT2D eigenvalue weighted by Gasteiger charge is 2.23. The molecule has 104 valence electrons. The summed E-state index contributed by atoms with van der Waals surface area (Å²) in [5, 5.41) is 6.58. The minimum absolute atomic E-state index is 0.301. The number of carbonyl (C=O) groups is 1. The molecule has 0 aromatic rings. The molecule has 0 saturated heterocycles. The van der Waals surface area contributed by atoms with Crippen LogP contribution < -0.4 is 10.6 Å². The Kier molecular flexibility index (Phi) is 5.48. The highest BCUT2D eigenvalue weighted by molar-refractivity contribution is 5.76. The highest BCUT2D eigenvalue weighted by Crippen LogP contribution is 2.27. The topological polar surface area (TPSA) is 41.1 Å². The van der Waals surface area contributed by atoms with E-state index >= 15 is 0 Å². The average molecular weight is 252 g/mol. The first kappa shape index (κ1) is 13.9. The zero-order chi connectivity index (χ0) is 12.8. The maximum Gasteiger partial charge on any atom is 0.220 e. The summed E-state index contributed by atoms with van der Waals surface area (Å²) in [6.07, 6.45) is 12.0. The van der Waals surface area contributed by atoms with Crippen molar-refractivity contribution in [2.45, 2.75) is 76.3 Å². The maximum absolute atomic E-state index is 12.0. The third-order valence-electron chi connectivity index (χ3n) is 4.70. The van der Waals surface area contributed by atoms with Gasteiger partial charge >= 0.3 is 0 Å². The summed E-state index contributed by atoms with van der Waals surface area (Å²) in [7, 11) is 2.04. The molecule has 2 aliphatic rings. The van der Waals surface area contributed by atoms with E-state index in [0.717, 1.165) is 6.42 Å². The van der Waals surface area contributed by atoms with Crippen LogP contribution >= 0.6 is 0 Å². The standard InChI is InChI=1S/C15H28N2O/c1-16-13-9-7-12(8-10-13)11-15(18)17-14-5-3-2-4-6-14/h12-14,16H,2-11H2,1H3,(H,17,18). The van der Waals surface area contributed by atoms with Crippen molar-refractivity contribution in [1.82, 2.24) is 10.6 Å². The molecule has 0 aromatic carbocycles. The molecule has 2 aliphatic carbocycles. The van der Waals surface area contributed by atoms with Crippen molar-refractivity contribution in [1.29, 1.82) is 0 Å². The first-order valence-corrected chi connectivity index (χ1v) is 7.74. The SMILES string of the molecule is CNC1CCC(CC(=O)NC2CCCCC2)CC1. The Balaban J connectivity index is 1.65. The number of rotatable bonds is 4. The lowest BCUT2D eigenvalue weighted by Crippen LogP contribution is -2.38. The smallest absolute Gasteiger partial charge is 0.220 e. The van der Waals surface area contributed by atoms with Crippen LogP contribution in [0.25, 0.3) is 0 Å². The molecule has 2 rings (SSSR count). The fourth-order valence-corrected chi connectivity index (χ4v) is 3.45. The lowest BCUT2D eigenvalue weighted by molar-refractivity contribution is -0.123. The summed E-state index contributed by atoms with van der Waals surface area (Å²) < 4.78 is 0. The summed E-state index contributed by atoms with van der Waals surface area (Å²) in [6.45, 7) is 0. The zero-order valence-corrected chi connectivity index (χ0v) is 11.7. The fraction of sp³-hybridized carbons (Fsp3) is 0.933. The molecule has 0 spiro atoms. The molecule has 0 bridgehead atoms. The minimum atomic E-state index is 0.301. The second-order valence-electron chi connectivity index (χ2n) is 6.11. The van der Waals surface area contributed by atoms with Gasteiger partial charge in [-0.2, -0.15) is 0 Å². The number of nitrogens with one attached hydrogen (secondary N) is 2. The van der Waals surface area contributed by atoms with Gasteiger partial charge in [-0.1, -0.05) is 19.3 Å². The van der Waals surface area contributed by atoms with Gasteiger partial charge in [-0.3, -0.25) is 4.79 Å². The average Bonchev–Trinajstić information content (AvgIpc) is 2.40. The number of amides is 1. The van der Waals surface area contributed by atoms with Crippen LogP contribution in [-0.2, 0) is 4.79 Å². The normalized spacial score (nSPS) is 30.1. The van der Waals surface area contributed by atoms with Crippen molar-refractivity contribution >= 4 is 5.91 Å². The van der Waals surface area contributed by atoms with E-state index in [4.69, 9.17) is 0 Å². The Labute approximate surface area is 111 Å². The van der Waals surface area contributed by atoms with Crippen molar-refractivity contribution in [3.63, 3.8) is 0 Å². The summed E-state index contributed by atoms with van der Waals surface area (Å²) in [5.74, 6) is 0.924. The van der Waals surface area contributed by atoms with Crippen LogP contribution in [0.4, 0.5) is 0 Å². The summed E-state index contributed by atoms with van der Waals surface area (Å²) in [4.78, 5) is 12.0. The van der Waals surface area contributed by atoms with Crippen LogP contribution in [0.3, 0.4) is 0 Å². The van der Waals surface area contributed by atoms with Gasteiger partial charge in [-0.25, -0.2) is 0 Å². The molecule has 0 aliphatic heterocycles. The van der Waals surface area contributed by atoms with Gasteiger partial charge in [0.15, 0.2) is 0 Å². The Morgan fingerprint density at radius 3 is 2.22 bits per heavy atom. The van der Waals surface area contributed by atoms with E-state index in [2.05, 4.69) is 10.6 Å².